The molecule has 0 atom stereocenters. The highest BCUT2D eigenvalue weighted by molar-refractivity contribution is 9.10. The van der Waals surface area contributed by atoms with Gasteiger partial charge in [-0.2, -0.15) is 0 Å². The second kappa shape index (κ2) is 4.40. The van der Waals surface area contributed by atoms with Gasteiger partial charge in [0.2, 0.25) is 0 Å². The lowest BCUT2D eigenvalue weighted by molar-refractivity contribution is 0.576. The molecule has 0 bridgehead atoms. The Bertz CT molecular complexity index is 340. The van der Waals surface area contributed by atoms with E-state index in [9.17, 15) is 8.78 Å². The summed E-state index contributed by atoms with van der Waals surface area (Å²) in [5, 5.41) is -0.163. The Labute approximate surface area is 92.3 Å². The van der Waals surface area contributed by atoms with Crippen LogP contribution in [0.4, 0.5) is 8.78 Å². The quantitative estimate of drug-likeness (QED) is 0.713. The SMILES string of the molecule is Fc1cc(Br)cc(F)c1/C(Cl)=C/Cl. The summed E-state index contributed by atoms with van der Waals surface area (Å²) >= 11 is 13.7. The molecule has 0 spiro atoms. The van der Waals surface area contributed by atoms with Crippen molar-refractivity contribution in [1.29, 1.82) is 0 Å². The fourth-order valence-corrected chi connectivity index (χ4v) is 1.52. The van der Waals surface area contributed by atoms with Crippen LogP contribution in [0, 0.1) is 11.6 Å². The Morgan fingerprint density at radius 1 is 1.31 bits per heavy atom. The van der Waals surface area contributed by atoms with Gasteiger partial charge in [0, 0.05) is 10.0 Å². The summed E-state index contributed by atoms with van der Waals surface area (Å²) in [4.78, 5) is 0. The topological polar surface area (TPSA) is 0 Å². The highest BCUT2D eigenvalue weighted by Crippen LogP contribution is 2.28. The van der Waals surface area contributed by atoms with E-state index in [2.05, 4.69) is 15.9 Å². The first-order valence-electron chi connectivity index (χ1n) is 3.17. The van der Waals surface area contributed by atoms with Crippen LogP contribution in [0.5, 0.6) is 0 Å². The molecule has 0 aliphatic rings. The van der Waals surface area contributed by atoms with Crippen LogP contribution in [0.2, 0.25) is 0 Å². The van der Waals surface area contributed by atoms with Gasteiger partial charge in [0.15, 0.2) is 0 Å². The van der Waals surface area contributed by atoms with Crippen molar-refractivity contribution in [2.24, 2.45) is 0 Å². The molecule has 0 aliphatic heterocycles. The van der Waals surface area contributed by atoms with Crippen LogP contribution in [-0.4, -0.2) is 0 Å². The molecule has 0 unspecified atom stereocenters. The largest absolute Gasteiger partial charge is 0.206 e. The first-order valence-corrected chi connectivity index (χ1v) is 4.77. The molecule has 0 aromatic heterocycles. The molecule has 0 N–H and O–H groups in total. The highest BCUT2D eigenvalue weighted by Gasteiger charge is 2.12. The van der Waals surface area contributed by atoms with Gasteiger partial charge in [0.25, 0.3) is 0 Å². The van der Waals surface area contributed by atoms with Gasteiger partial charge in [-0.15, -0.1) is 0 Å². The van der Waals surface area contributed by atoms with E-state index >= 15 is 0 Å². The number of hydrogen-bond donors (Lipinski definition) is 0. The average molecular weight is 288 g/mol. The molecule has 0 aliphatic carbocycles. The van der Waals surface area contributed by atoms with Crippen LogP contribution in [0.1, 0.15) is 5.56 Å². The summed E-state index contributed by atoms with van der Waals surface area (Å²) < 4.78 is 26.5. The molecule has 1 aromatic rings. The second-order valence-electron chi connectivity index (χ2n) is 2.20. The molecule has 0 radical (unpaired) electrons. The maximum atomic E-state index is 13.1. The predicted molar refractivity (Wildman–Crippen MR) is 53.7 cm³/mol. The fourth-order valence-electron chi connectivity index (χ4n) is 0.825. The summed E-state index contributed by atoms with van der Waals surface area (Å²) in [6.45, 7) is 0. The van der Waals surface area contributed by atoms with Gasteiger partial charge in [0.1, 0.15) is 11.6 Å². The van der Waals surface area contributed by atoms with Gasteiger partial charge >= 0.3 is 0 Å². The van der Waals surface area contributed by atoms with Gasteiger partial charge in [-0.05, 0) is 12.1 Å². The van der Waals surface area contributed by atoms with Crippen LogP contribution >= 0.6 is 39.1 Å². The first-order chi connectivity index (χ1) is 6.06. The van der Waals surface area contributed by atoms with Gasteiger partial charge in [-0.25, -0.2) is 8.78 Å². The minimum atomic E-state index is -0.756. The molecule has 0 heterocycles. The van der Waals surface area contributed by atoms with Crippen LogP contribution in [0.25, 0.3) is 5.03 Å². The van der Waals surface area contributed by atoms with Crippen molar-refractivity contribution in [3.05, 3.63) is 39.3 Å². The van der Waals surface area contributed by atoms with E-state index < -0.39 is 11.6 Å². The van der Waals surface area contributed by atoms with Crippen molar-refractivity contribution >= 4 is 44.2 Å². The van der Waals surface area contributed by atoms with Crippen LogP contribution in [0.15, 0.2) is 22.1 Å². The Morgan fingerprint density at radius 3 is 2.15 bits per heavy atom. The number of hydrogen-bond acceptors (Lipinski definition) is 0. The van der Waals surface area contributed by atoms with E-state index in [-0.39, 0.29) is 10.6 Å². The molecule has 0 saturated carbocycles. The van der Waals surface area contributed by atoms with E-state index in [1.54, 1.807) is 0 Å². The molecule has 1 rings (SSSR count). The van der Waals surface area contributed by atoms with E-state index in [0.29, 0.717) is 4.47 Å². The van der Waals surface area contributed by atoms with Crippen molar-refractivity contribution in [2.45, 2.75) is 0 Å². The van der Waals surface area contributed by atoms with E-state index in [1.807, 2.05) is 0 Å². The Balaban J connectivity index is 3.37. The van der Waals surface area contributed by atoms with Crippen molar-refractivity contribution < 1.29 is 8.78 Å². The summed E-state index contributed by atoms with van der Waals surface area (Å²) in [5.74, 6) is -1.51. The molecule has 1 aromatic carbocycles. The van der Waals surface area contributed by atoms with Gasteiger partial charge in [-0.1, -0.05) is 39.1 Å². The van der Waals surface area contributed by atoms with Gasteiger partial charge in [-0.3, -0.25) is 0 Å². The molecule has 0 fully saturated rings. The minimum Gasteiger partial charge on any atom is -0.206 e. The highest BCUT2D eigenvalue weighted by atomic mass is 79.9. The zero-order valence-electron chi connectivity index (χ0n) is 6.12. The maximum absolute atomic E-state index is 13.1. The van der Waals surface area contributed by atoms with Gasteiger partial charge in [0.05, 0.1) is 10.6 Å². The van der Waals surface area contributed by atoms with E-state index in [0.717, 1.165) is 17.7 Å². The number of halogens is 5. The van der Waals surface area contributed by atoms with Crippen molar-refractivity contribution in [2.75, 3.05) is 0 Å². The second-order valence-corrected chi connectivity index (χ2v) is 3.74. The number of rotatable bonds is 1. The Hall–Kier alpha value is -0.120. The Morgan fingerprint density at radius 2 is 1.77 bits per heavy atom. The summed E-state index contributed by atoms with van der Waals surface area (Å²) in [6.07, 6.45) is 0. The third-order valence-corrected chi connectivity index (χ3v) is 2.43. The van der Waals surface area contributed by atoms with E-state index in [1.165, 1.54) is 0 Å². The fraction of sp³-hybridized carbons (Fsp3) is 0. The van der Waals surface area contributed by atoms with Crippen LogP contribution < -0.4 is 0 Å². The summed E-state index contributed by atoms with van der Waals surface area (Å²) in [5.41, 5.74) is 0.594. The lowest BCUT2D eigenvalue weighted by Crippen LogP contribution is -1.91. The first kappa shape index (κ1) is 11.0. The molecule has 70 valence electrons. The molecule has 0 amide bonds. The third kappa shape index (κ3) is 2.42. The zero-order chi connectivity index (χ0) is 10.0. The van der Waals surface area contributed by atoms with Crippen LogP contribution in [-0.2, 0) is 0 Å². The summed E-state index contributed by atoms with van der Waals surface area (Å²) in [6, 6.07) is 2.22. The molecule has 0 saturated heterocycles. The summed E-state index contributed by atoms with van der Waals surface area (Å²) in [7, 11) is 0. The Kier molecular flexibility index (Phi) is 3.71. The van der Waals surface area contributed by atoms with E-state index in [4.69, 9.17) is 23.2 Å². The molecule has 13 heavy (non-hydrogen) atoms. The van der Waals surface area contributed by atoms with Crippen LogP contribution in [0.3, 0.4) is 0 Å². The number of benzene rings is 1. The predicted octanol–water partition coefficient (Wildman–Crippen LogP) is 4.50. The van der Waals surface area contributed by atoms with Crippen molar-refractivity contribution in [1.82, 2.24) is 0 Å². The molecule has 5 heteroatoms. The standard InChI is InChI=1S/C8H3BrCl2F2/c9-4-1-6(12)8(5(11)3-10)7(13)2-4/h1-3H/b5-3-. The normalized spacial score (nSPS) is 11.9. The average Bonchev–Trinajstić information content (AvgIpc) is 2.02. The molecule has 0 nitrogen and oxygen atoms in total. The molecular weight excluding hydrogens is 285 g/mol. The smallest absolute Gasteiger partial charge is 0.136 e. The third-order valence-electron chi connectivity index (χ3n) is 1.34. The zero-order valence-corrected chi connectivity index (χ0v) is 9.22. The van der Waals surface area contributed by atoms with Crippen molar-refractivity contribution in [3.8, 4) is 0 Å². The maximum Gasteiger partial charge on any atom is 0.136 e. The monoisotopic (exact) mass is 286 g/mol. The van der Waals surface area contributed by atoms with Gasteiger partial charge < -0.3 is 0 Å². The lowest BCUT2D eigenvalue weighted by atomic mass is 10.2. The lowest BCUT2D eigenvalue weighted by Gasteiger charge is -2.02. The van der Waals surface area contributed by atoms with Crippen molar-refractivity contribution in [3.63, 3.8) is 0 Å². The minimum absolute atomic E-state index is 0.163. The molecular formula is C8H3BrCl2F2.